The lowest BCUT2D eigenvalue weighted by Gasteiger charge is -2.27. The summed E-state index contributed by atoms with van der Waals surface area (Å²) in [7, 11) is 0. The lowest BCUT2D eigenvalue weighted by Crippen LogP contribution is -2.35. The lowest BCUT2D eigenvalue weighted by atomic mass is 9.89. The number of nitrogens with zero attached hydrogens (tertiary/aromatic N) is 1. The topological polar surface area (TPSA) is 49.4 Å². The highest BCUT2D eigenvalue weighted by Crippen LogP contribution is 2.29. The van der Waals surface area contributed by atoms with Crippen LogP contribution in [0.2, 0.25) is 0 Å². The molecule has 2 aliphatic rings. The predicted octanol–water partition coefficient (Wildman–Crippen LogP) is 2.68. The van der Waals surface area contributed by atoms with E-state index < -0.39 is 0 Å². The van der Waals surface area contributed by atoms with Gasteiger partial charge in [-0.3, -0.25) is 9.59 Å². The maximum absolute atomic E-state index is 12.4. The van der Waals surface area contributed by atoms with Crippen molar-refractivity contribution in [3.8, 4) is 0 Å². The Kier molecular flexibility index (Phi) is 3.81. The second-order valence-electron chi connectivity index (χ2n) is 6.50. The summed E-state index contributed by atoms with van der Waals surface area (Å²) < 4.78 is 0. The number of fused-ring (bicyclic) bond motifs is 1. The summed E-state index contributed by atoms with van der Waals surface area (Å²) in [6, 6.07) is 15.5. The van der Waals surface area contributed by atoms with E-state index in [1.807, 2.05) is 47.4 Å². The molecule has 0 aliphatic carbocycles. The predicted molar refractivity (Wildman–Crippen MR) is 91.7 cm³/mol. The first-order valence-corrected chi connectivity index (χ1v) is 8.49. The van der Waals surface area contributed by atoms with Gasteiger partial charge in [0.05, 0.1) is 12.5 Å². The molecular weight excluding hydrogens is 300 g/mol. The number of carbonyl (C=O) groups excluding carboxylic acids is 2. The number of hydrogen-bond donors (Lipinski definition) is 1. The van der Waals surface area contributed by atoms with Gasteiger partial charge in [-0.05, 0) is 41.7 Å². The van der Waals surface area contributed by atoms with Gasteiger partial charge in [-0.25, -0.2) is 0 Å². The monoisotopic (exact) mass is 320 g/mol. The largest absolute Gasteiger partial charge is 0.345 e. The fourth-order valence-corrected chi connectivity index (χ4v) is 3.62. The number of rotatable bonds is 2. The normalized spacial score (nSPS) is 19.8. The van der Waals surface area contributed by atoms with Crippen LogP contribution in [0.1, 0.15) is 45.9 Å². The van der Waals surface area contributed by atoms with Gasteiger partial charge in [0.15, 0.2) is 0 Å². The van der Waals surface area contributed by atoms with Crippen molar-refractivity contribution in [2.24, 2.45) is 0 Å². The van der Waals surface area contributed by atoms with E-state index in [1.54, 1.807) is 0 Å². The average molecular weight is 320 g/mol. The molecule has 0 saturated carbocycles. The van der Waals surface area contributed by atoms with E-state index in [9.17, 15) is 9.59 Å². The molecule has 2 aliphatic heterocycles. The number of likely N-dealkylation sites (tertiary alicyclic amines) is 1. The van der Waals surface area contributed by atoms with E-state index in [-0.39, 0.29) is 17.9 Å². The molecular formula is C20H20N2O2. The molecule has 1 atom stereocenters. The zero-order valence-electron chi connectivity index (χ0n) is 13.5. The Morgan fingerprint density at radius 3 is 2.46 bits per heavy atom. The minimum Gasteiger partial charge on any atom is -0.345 e. The Hall–Kier alpha value is -2.62. The zero-order chi connectivity index (χ0) is 16.5. The zero-order valence-corrected chi connectivity index (χ0v) is 13.5. The van der Waals surface area contributed by atoms with Crippen LogP contribution in [0.4, 0.5) is 0 Å². The molecule has 1 saturated heterocycles. The van der Waals surface area contributed by atoms with Crippen LogP contribution >= 0.6 is 0 Å². The van der Waals surface area contributed by atoms with Crippen molar-refractivity contribution in [2.75, 3.05) is 13.1 Å². The van der Waals surface area contributed by atoms with Crippen LogP contribution in [0, 0.1) is 0 Å². The summed E-state index contributed by atoms with van der Waals surface area (Å²) in [5.41, 5.74) is 3.93. The van der Waals surface area contributed by atoms with Gasteiger partial charge >= 0.3 is 0 Å². The van der Waals surface area contributed by atoms with Gasteiger partial charge < -0.3 is 10.2 Å². The Balaban J connectivity index is 1.61. The van der Waals surface area contributed by atoms with Crippen molar-refractivity contribution in [1.82, 2.24) is 10.2 Å². The first kappa shape index (κ1) is 14.9. The molecule has 122 valence electrons. The fourth-order valence-electron chi connectivity index (χ4n) is 3.62. The molecule has 2 aromatic rings. The van der Waals surface area contributed by atoms with E-state index >= 15 is 0 Å². The van der Waals surface area contributed by atoms with Crippen LogP contribution in [-0.4, -0.2) is 29.8 Å². The molecule has 1 N–H and O–H groups in total. The summed E-state index contributed by atoms with van der Waals surface area (Å²) >= 11 is 0. The summed E-state index contributed by atoms with van der Waals surface area (Å²) in [6.07, 6.45) is 2.61. The smallest absolute Gasteiger partial charge is 0.253 e. The molecule has 4 nitrogen and oxygen atoms in total. The van der Waals surface area contributed by atoms with Crippen molar-refractivity contribution < 1.29 is 9.59 Å². The molecule has 24 heavy (non-hydrogen) atoms. The number of carbonyl (C=O) groups is 2. The van der Waals surface area contributed by atoms with Gasteiger partial charge in [-0.2, -0.15) is 0 Å². The van der Waals surface area contributed by atoms with Crippen LogP contribution in [0.3, 0.4) is 0 Å². The number of hydrogen-bond acceptors (Lipinski definition) is 2. The molecule has 1 fully saturated rings. The standard InChI is InChI=1S/C20H20N2O2/c23-18-13-16-5-1-2-6-17(16)19(21-18)14-7-9-15(10-8-14)20(24)22-11-3-4-12-22/h1-2,5-10,19H,3-4,11-13H2,(H,21,23). The maximum atomic E-state index is 12.4. The molecule has 1 unspecified atom stereocenters. The highest BCUT2D eigenvalue weighted by molar-refractivity contribution is 5.94. The fraction of sp³-hybridized carbons (Fsp3) is 0.300. The van der Waals surface area contributed by atoms with Crippen LogP contribution in [0.15, 0.2) is 48.5 Å². The van der Waals surface area contributed by atoms with E-state index in [0.29, 0.717) is 6.42 Å². The number of benzene rings is 2. The van der Waals surface area contributed by atoms with Crippen molar-refractivity contribution in [2.45, 2.75) is 25.3 Å². The third-order valence-electron chi connectivity index (χ3n) is 4.91. The first-order chi connectivity index (χ1) is 11.7. The summed E-state index contributed by atoms with van der Waals surface area (Å²) in [6.45, 7) is 1.71. The molecule has 0 radical (unpaired) electrons. The van der Waals surface area contributed by atoms with Crippen molar-refractivity contribution in [3.05, 3.63) is 70.8 Å². The molecule has 0 aromatic heterocycles. The highest BCUT2D eigenvalue weighted by Gasteiger charge is 2.26. The SMILES string of the molecule is O=C1Cc2ccccc2C(c2ccc(C(=O)N3CCCC3)cc2)N1. The van der Waals surface area contributed by atoms with Crippen molar-refractivity contribution >= 4 is 11.8 Å². The van der Waals surface area contributed by atoms with Gasteiger partial charge in [0.2, 0.25) is 5.91 Å². The molecule has 0 bridgehead atoms. The summed E-state index contributed by atoms with van der Waals surface area (Å²) in [5.74, 6) is 0.142. The molecule has 0 spiro atoms. The average Bonchev–Trinajstić information content (AvgIpc) is 3.15. The van der Waals surface area contributed by atoms with Crippen LogP contribution in [0.25, 0.3) is 0 Å². The van der Waals surface area contributed by atoms with Gasteiger partial charge in [0.1, 0.15) is 0 Å². The van der Waals surface area contributed by atoms with Crippen LogP contribution in [-0.2, 0) is 11.2 Å². The molecule has 4 rings (SSSR count). The van der Waals surface area contributed by atoms with Gasteiger partial charge in [-0.15, -0.1) is 0 Å². The molecule has 2 heterocycles. The van der Waals surface area contributed by atoms with E-state index in [1.165, 1.54) is 0 Å². The second kappa shape index (κ2) is 6.11. The quantitative estimate of drug-likeness (QED) is 0.925. The van der Waals surface area contributed by atoms with Gasteiger partial charge in [0.25, 0.3) is 5.91 Å². The number of nitrogens with one attached hydrogen (secondary N) is 1. The van der Waals surface area contributed by atoms with E-state index in [0.717, 1.165) is 48.2 Å². The Labute approximate surface area is 141 Å². The Morgan fingerprint density at radius 1 is 1.00 bits per heavy atom. The van der Waals surface area contributed by atoms with Crippen LogP contribution in [0.5, 0.6) is 0 Å². The third kappa shape index (κ3) is 2.68. The minimum atomic E-state index is -0.140. The van der Waals surface area contributed by atoms with E-state index in [4.69, 9.17) is 0 Å². The van der Waals surface area contributed by atoms with Crippen LogP contribution < -0.4 is 5.32 Å². The summed E-state index contributed by atoms with van der Waals surface area (Å²) in [5, 5.41) is 3.06. The van der Waals surface area contributed by atoms with Crippen molar-refractivity contribution in [3.63, 3.8) is 0 Å². The van der Waals surface area contributed by atoms with Gasteiger partial charge in [-0.1, -0.05) is 36.4 Å². The second-order valence-corrected chi connectivity index (χ2v) is 6.50. The van der Waals surface area contributed by atoms with Gasteiger partial charge in [0, 0.05) is 18.7 Å². The molecule has 2 amide bonds. The number of amides is 2. The first-order valence-electron chi connectivity index (χ1n) is 8.49. The summed E-state index contributed by atoms with van der Waals surface area (Å²) in [4.78, 5) is 26.3. The Bertz CT molecular complexity index is 776. The maximum Gasteiger partial charge on any atom is 0.253 e. The Morgan fingerprint density at radius 2 is 1.71 bits per heavy atom. The van der Waals surface area contributed by atoms with Crippen molar-refractivity contribution in [1.29, 1.82) is 0 Å². The molecule has 4 heteroatoms. The minimum absolute atomic E-state index is 0.0379. The van der Waals surface area contributed by atoms with E-state index in [2.05, 4.69) is 11.4 Å². The lowest BCUT2D eigenvalue weighted by molar-refractivity contribution is -0.121. The third-order valence-corrected chi connectivity index (χ3v) is 4.91. The highest BCUT2D eigenvalue weighted by atomic mass is 16.2. The molecule has 2 aromatic carbocycles.